The quantitative estimate of drug-likeness (QED) is 0.115. The fourth-order valence-corrected chi connectivity index (χ4v) is 19.5. The number of ether oxygens (including phenoxy) is 1. The Balaban J connectivity index is 0.561. The number of rotatable bonds is 13. The summed E-state index contributed by atoms with van der Waals surface area (Å²) < 4.78 is 15.9. The highest BCUT2D eigenvalue weighted by Crippen LogP contribution is 2.55. The summed E-state index contributed by atoms with van der Waals surface area (Å²) in [5, 5.41) is 9.61. The number of furan rings is 1. The lowest BCUT2D eigenvalue weighted by Gasteiger charge is -2.29. The van der Waals surface area contributed by atoms with Gasteiger partial charge in [-0.15, -0.1) is 11.3 Å². The highest BCUT2D eigenvalue weighted by atomic mass is 32.1. The highest BCUT2D eigenvalue weighted by molar-refractivity contribution is 7.26. The third-order valence-electron chi connectivity index (χ3n) is 23.8. The van der Waals surface area contributed by atoms with E-state index in [1.54, 1.807) is 0 Å². The molecule has 22 rings (SSSR count). The molecule has 0 N–H and O–H groups in total. The van der Waals surface area contributed by atoms with Crippen molar-refractivity contribution in [1.29, 1.82) is 0 Å². The van der Waals surface area contributed by atoms with E-state index in [2.05, 4.69) is 406 Å². The van der Waals surface area contributed by atoms with Gasteiger partial charge in [-0.25, -0.2) is 0 Å². The van der Waals surface area contributed by atoms with Gasteiger partial charge in [-0.3, -0.25) is 0 Å². The molecule has 5 heteroatoms. The van der Waals surface area contributed by atoms with Crippen LogP contribution in [0.25, 0.3) is 153 Å². The van der Waals surface area contributed by atoms with Gasteiger partial charge >= 0.3 is 0 Å². The van der Waals surface area contributed by atoms with E-state index in [1.807, 2.05) is 17.4 Å². The summed E-state index contributed by atoms with van der Waals surface area (Å²) in [5.41, 5.74) is 30.8. The van der Waals surface area contributed by atoms with Crippen LogP contribution in [0.5, 0.6) is 5.75 Å². The third kappa shape index (κ3) is 10.9. The minimum Gasteiger partial charge on any atom is -0.485 e. The van der Waals surface area contributed by atoms with Crippen LogP contribution in [0.3, 0.4) is 0 Å². The summed E-state index contributed by atoms with van der Waals surface area (Å²) in [5.74, 6) is 1.14. The first-order chi connectivity index (χ1) is 55.2. The van der Waals surface area contributed by atoms with Crippen molar-refractivity contribution in [3.05, 3.63) is 405 Å². The molecule has 0 amide bonds. The SMILES string of the molecule is CC1(C)c2ccc(-c3ccc4cc(-c5cccc(-c6ccc(N(c7ccccc7-c7cccc8c7sc7ccccc78)c7cccc8c7oc7ccccc78)cc6)c5)ccc4c3)cc2-c2cccc(-c3ccc(N(c4cccc(-c5ccc6ccccc6c5)c4)c4ccccc4-c4ccc5c(c4)C4C=CC=CC4O5)cc3)c21. The van der Waals surface area contributed by atoms with E-state index < -0.39 is 0 Å². The topological polar surface area (TPSA) is 28.9 Å². The summed E-state index contributed by atoms with van der Waals surface area (Å²) in [6.07, 6.45) is 8.69. The lowest BCUT2D eigenvalue weighted by molar-refractivity contribution is 0.269. The molecule has 0 saturated carbocycles. The number of benzene rings is 17. The molecule has 17 aromatic carbocycles. The molecular weight excluding hydrogens is 1380 g/mol. The van der Waals surface area contributed by atoms with E-state index in [9.17, 15) is 0 Å². The summed E-state index contributed by atoms with van der Waals surface area (Å²) in [6, 6.07) is 135. The van der Waals surface area contributed by atoms with Gasteiger partial charge in [0.1, 0.15) is 17.4 Å². The molecule has 2 unspecified atom stereocenters. The Kier molecular flexibility index (Phi) is 15.3. The molecule has 112 heavy (non-hydrogen) atoms. The molecule has 2 aromatic heterocycles. The minimum absolute atomic E-state index is 0.0158. The lowest BCUT2D eigenvalue weighted by atomic mass is 9.78. The van der Waals surface area contributed by atoms with Crippen molar-refractivity contribution in [3.63, 3.8) is 0 Å². The molecule has 3 aliphatic rings. The minimum atomic E-state index is -0.254. The number of anilines is 6. The molecule has 1 aliphatic heterocycles. The molecule has 19 aromatic rings. The third-order valence-corrected chi connectivity index (χ3v) is 25.0. The van der Waals surface area contributed by atoms with Gasteiger partial charge in [0.15, 0.2) is 5.58 Å². The van der Waals surface area contributed by atoms with Crippen LogP contribution in [0.1, 0.15) is 36.5 Å². The van der Waals surface area contributed by atoms with Crippen molar-refractivity contribution in [3.8, 4) is 94.8 Å². The summed E-state index contributed by atoms with van der Waals surface area (Å²) in [6.45, 7) is 4.80. The van der Waals surface area contributed by atoms with Crippen molar-refractivity contribution < 1.29 is 9.15 Å². The van der Waals surface area contributed by atoms with E-state index in [4.69, 9.17) is 9.15 Å². The van der Waals surface area contributed by atoms with E-state index in [1.165, 1.54) is 114 Å². The maximum atomic E-state index is 6.83. The van der Waals surface area contributed by atoms with Gasteiger partial charge in [-0.2, -0.15) is 0 Å². The van der Waals surface area contributed by atoms with Crippen molar-refractivity contribution in [2.24, 2.45) is 0 Å². The van der Waals surface area contributed by atoms with Gasteiger partial charge in [0.05, 0.1) is 17.1 Å². The number of hydrogen-bond acceptors (Lipinski definition) is 5. The zero-order chi connectivity index (χ0) is 74.1. The van der Waals surface area contributed by atoms with Gasteiger partial charge in [-0.05, 0) is 220 Å². The monoisotopic (exact) mass is 1450 g/mol. The molecule has 2 atom stereocenters. The Bertz CT molecular complexity index is 7110. The molecule has 4 nitrogen and oxygen atoms in total. The van der Waals surface area contributed by atoms with Crippen LogP contribution in [0.2, 0.25) is 0 Å². The van der Waals surface area contributed by atoms with Crippen LogP contribution in [0.15, 0.2) is 393 Å². The first kappa shape index (κ1) is 65.3. The van der Waals surface area contributed by atoms with E-state index in [0.717, 1.165) is 95.2 Å². The van der Waals surface area contributed by atoms with E-state index in [-0.39, 0.29) is 17.4 Å². The molecule has 0 fully saturated rings. The number of hydrogen-bond donors (Lipinski definition) is 0. The summed E-state index contributed by atoms with van der Waals surface area (Å²) >= 11 is 1.86. The van der Waals surface area contributed by atoms with E-state index in [0.29, 0.717) is 0 Å². The van der Waals surface area contributed by atoms with Crippen molar-refractivity contribution in [2.75, 3.05) is 9.80 Å². The molecule has 0 bridgehead atoms. The Morgan fingerprint density at radius 2 is 0.839 bits per heavy atom. The smallest absolute Gasteiger partial charge is 0.159 e. The Morgan fingerprint density at radius 3 is 1.64 bits per heavy atom. The molecule has 0 spiro atoms. The maximum absolute atomic E-state index is 6.83. The van der Waals surface area contributed by atoms with Gasteiger partial charge in [0.25, 0.3) is 0 Å². The van der Waals surface area contributed by atoms with Crippen LogP contribution < -0.4 is 14.5 Å². The normalized spacial score (nSPS) is 14.4. The second-order valence-corrected chi connectivity index (χ2v) is 31.6. The van der Waals surface area contributed by atoms with Crippen molar-refractivity contribution in [1.82, 2.24) is 0 Å². The van der Waals surface area contributed by atoms with Crippen LogP contribution in [-0.4, -0.2) is 6.10 Å². The lowest BCUT2D eigenvalue weighted by Crippen LogP contribution is -2.16. The molecule has 2 aliphatic carbocycles. The fourth-order valence-electron chi connectivity index (χ4n) is 18.3. The second kappa shape index (κ2) is 26.2. The zero-order valence-corrected chi connectivity index (χ0v) is 62.5. The predicted octanol–water partition coefficient (Wildman–Crippen LogP) is 30.1. The van der Waals surface area contributed by atoms with Gasteiger partial charge in [0, 0.05) is 81.6 Å². The Labute approximate surface area is 654 Å². The molecule has 3 heterocycles. The zero-order valence-electron chi connectivity index (χ0n) is 61.7. The second-order valence-electron chi connectivity index (χ2n) is 30.5. The van der Waals surface area contributed by atoms with Crippen LogP contribution in [-0.2, 0) is 5.41 Å². The first-order valence-electron chi connectivity index (χ1n) is 38.7. The van der Waals surface area contributed by atoms with E-state index >= 15 is 0 Å². The maximum Gasteiger partial charge on any atom is 0.159 e. The van der Waals surface area contributed by atoms with Gasteiger partial charge in [-0.1, -0.05) is 287 Å². The number of fused-ring (bicyclic) bond motifs is 14. The number of para-hydroxylation sites is 4. The first-order valence-corrected chi connectivity index (χ1v) is 39.5. The average Bonchev–Trinajstić information content (AvgIpc) is 1.55. The Hall–Kier alpha value is -13.8. The van der Waals surface area contributed by atoms with Crippen LogP contribution in [0.4, 0.5) is 34.1 Å². The van der Waals surface area contributed by atoms with Gasteiger partial charge in [0.2, 0.25) is 0 Å². The highest BCUT2D eigenvalue weighted by Gasteiger charge is 2.38. The Morgan fingerprint density at radius 1 is 0.312 bits per heavy atom. The molecule has 0 radical (unpaired) electrons. The molecular formula is C107H72N2O2S. The largest absolute Gasteiger partial charge is 0.485 e. The molecule has 528 valence electrons. The predicted molar refractivity (Wildman–Crippen MR) is 472 cm³/mol. The number of thiophene rings is 1. The van der Waals surface area contributed by atoms with Crippen molar-refractivity contribution in [2.45, 2.75) is 31.3 Å². The summed E-state index contributed by atoms with van der Waals surface area (Å²) in [7, 11) is 0. The standard InChI is InChI=1S/C107H72N2O2S/c1-107(2)96-58-52-79(65-94(96)90-32-17-31-85(104(90)107)69-50-56-81(57-51-69)108(83-25-16-24-73(64-83)75-43-42-67-20-3-4-21-70(67)61-75)97-36-10-5-26-84(97)80-53-59-102-95(66-80)88-29-8-12-39-100(88)110-102)78-47-46-76-62-74(44-45-77(76)63-78)72-23-15-22-71(60-72)68-48-54-82(55-49-68)109(99-38-19-33-91-87-28-7-13-40-101(87)111-105(91)99)98-37-11-6-27-86(98)92-34-18-35-93-89-30-9-14-41-103(89)112-106(92)93/h3-66,88,100H,1-2H3. The number of nitrogens with zero attached hydrogens (tertiary/aromatic N) is 2. The molecule has 0 saturated heterocycles. The van der Waals surface area contributed by atoms with Crippen molar-refractivity contribution >= 4 is 109 Å². The van der Waals surface area contributed by atoms with Gasteiger partial charge < -0.3 is 19.0 Å². The van der Waals surface area contributed by atoms with Crippen LogP contribution in [0, 0.1) is 0 Å². The fraction of sp³-hybridized carbons (Fsp3) is 0.0467. The number of allylic oxidation sites excluding steroid dienone is 2. The summed E-state index contributed by atoms with van der Waals surface area (Å²) in [4.78, 5) is 4.83. The van der Waals surface area contributed by atoms with Crippen LogP contribution >= 0.6 is 11.3 Å². The average molecular weight is 1450 g/mol.